The van der Waals surface area contributed by atoms with Gasteiger partial charge in [0.2, 0.25) is 11.8 Å². The predicted molar refractivity (Wildman–Crippen MR) is 175 cm³/mol. The van der Waals surface area contributed by atoms with Gasteiger partial charge in [-0.1, -0.05) is 50.6 Å². The van der Waals surface area contributed by atoms with Crippen molar-refractivity contribution in [2.45, 2.75) is 58.5 Å². The number of sulfonamides is 1. The minimum Gasteiger partial charge on any atom is -0.494 e. The summed E-state index contributed by atoms with van der Waals surface area (Å²) < 4.78 is 45.8. The molecule has 0 aromatic heterocycles. The molecule has 0 aliphatic rings. The molecule has 1 N–H and O–H groups in total. The van der Waals surface area contributed by atoms with Gasteiger partial charge in [0.1, 0.15) is 18.3 Å². The second-order valence-corrected chi connectivity index (χ2v) is 12.9. The van der Waals surface area contributed by atoms with Crippen LogP contribution in [-0.2, 0) is 26.2 Å². The first-order chi connectivity index (χ1) is 21.4. The Morgan fingerprint density at radius 3 is 2.09 bits per heavy atom. The van der Waals surface area contributed by atoms with Crippen molar-refractivity contribution in [1.29, 1.82) is 0 Å². The van der Waals surface area contributed by atoms with E-state index < -0.39 is 28.5 Å². The highest BCUT2D eigenvalue weighted by molar-refractivity contribution is 7.92. The summed E-state index contributed by atoms with van der Waals surface area (Å²) in [5.74, 6) is 0.550. The Bertz CT molecular complexity index is 1520. The van der Waals surface area contributed by atoms with Gasteiger partial charge in [-0.15, -0.1) is 0 Å². The molecule has 2 amide bonds. The normalized spacial score (nSPS) is 11.9. The average molecular weight is 640 g/mol. The number of nitrogens with zero attached hydrogens (tertiary/aromatic N) is 2. The summed E-state index contributed by atoms with van der Waals surface area (Å²) in [4.78, 5) is 29.1. The Kier molecular flexibility index (Phi) is 12.7. The number of aryl methyl sites for hydroxylation is 1. The van der Waals surface area contributed by atoms with Crippen LogP contribution >= 0.6 is 0 Å². The van der Waals surface area contributed by atoms with Crippen LogP contribution in [-0.4, -0.2) is 65.1 Å². The lowest BCUT2D eigenvalue weighted by Crippen LogP contribution is -2.52. The first-order valence-corrected chi connectivity index (χ1v) is 16.5. The number of hydrogen-bond acceptors (Lipinski definition) is 7. The molecule has 3 aromatic rings. The fourth-order valence-corrected chi connectivity index (χ4v) is 6.17. The van der Waals surface area contributed by atoms with E-state index in [1.165, 1.54) is 37.3 Å². The monoisotopic (exact) mass is 639 g/mol. The van der Waals surface area contributed by atoms with Gasteiger partial charge in [0.15, 0.2) is 11.5 Å². The van der Waals surface area contributed by atoms with Crippen molar-refractivity contribution in [1.82, 2.24) is 10.2 Å². The van der Waals surface area contributed by atoms with Gasteiger partial charge in [-0.2, -0.15) is 0 Å². The lowest BCUT2D eigenvalue weighted by Gasteiger charge is -2.33. The number of anilines is 1. The Hall–Kier alpha value is -4.25. The van der Waals surface area contributed by atoms with E-state index in [9.17, 15) is 18.0 Å². The van der Waals surface area contributed by atoms with Crippen LogP contribution in [0, 0.1) is 12.8 Å². The summed E-state index contributed by atoms with van der Waals surface area (Å²) in [7, 11) is -1.43. The minimum atomic E-state index is -4.31. The molecule has 10 nitrogen and oxygen atoms in total. The Labute approximate surface area is 267 Å². The SMILES string of the molecule is CCOc1ccc(N(CC(=O)N(Cc2ccc(C)cc2)C(CC)C(=O)NCC(C)C)S(=O)(=O)c2ccc(OC)c(OC)c2)cc1. The number of carbonyl (C=O) groups is 2. The molecular formula is C34H45N3O7S. The third-order valence-electron chi connectivity index (χ3n) is 7.20. The molecule has 0 fully saturated rings. The van der Waals surface area contributed by atoms with Crippen molar-refractivity contribution < 1.29 is 32.2 Å². The van der Waals surface area contributed by atoms with Crippen LogP contribution in [0.15, 0.2) is 71.6 Å². The summed E-state index contributed by atoms with van der Waals surface area (Å²) in [6.45, 7) is 10.1. The molecule has 0 bridgehead atoms. The number of hydrogen-bond donors (Lipinski definition) is 1. The fraction of sp³-hybridized carbons (Fsp3) is 0.412. The highest BCUT2D eigenvalue weighted by Crippen LogP contribution is 2.33. The first-order valence-electron chi connectivity index (χ1n) is 15.0. The van der Waals surface area contributed by atoms with Gasteiger partial charge in [0.05, 0.1) is 31.4 Å². The molecule has 3 aromatic carbocycles. The van der Waals surface area contributed by atoms with Crippen LogP contribution in [0.4, 0.5) is 5.69 Å². The molecule has 45 heavy (non-hydrogen) atoms. The van der Waals surface area contributed by atoms with Gasteiger partial charge >= 0.3 is 0 Å². The van der Waals surface area contributed by atoms with Crippen LogP contribution < -0.4 is 23.8 Å². The van der Waals surface area contributed by atoms with E-state index in [0.29, 0.717) is 31.1 Å². The average Bonchev–Trinajstić information content (AvgIpc) is 3.03. The molecule has 0 aliphatic carbocycles. The van der Waals surface area contributed by atoms with Gasteiger partial charge in [-0.25, -0.2) is 8.42 Å². The molecule has 11 heteroatoms. The molecule has 0 saturated heterocycles. The number of nitrogens with one attached hydrogen (secondary N) is 1. The zero-order valence-corrected chi connectivity index (χ0v) is 28.0. The molecule has 0 radical (unpaired) electrons. The topological polar surface area (TPSA) is 114 Å². The van der Waals surface area contributed by atoms with Gasteiger partial charge in [0, 0.05) is 19.2 Å². The molecule has 1 atom stereocenters. The van der Waals surface area contributed by atoms with Gasteiger partial charge < -0.3 is 24.4 Å². The molecule has 1 unspecified atom stereocenters. The molecule has 0 heterocycles. The molecule has 0 spiro atoms. The largest absolute Gasteiger partial charge is 0.494 e. The Balaban J connectivity index is 2.09. The zero-order valence-electron chi connectivity index (χ0n) is 27.2. The maximum absolute atomic E-state index is 14.3. The van der Waals surface area contributed by atoms with Gasteiger partial charge in [-0.3, -0.25) is 13.9 Å². The summed E-state index contributed by atoms with van der Waals surface area (Å²) in [6.07, 6.45) is 0.340. The molecule has 0 saturated carbocycles. The Morgan fingerprint density at radius 1 is 0.889 bits per heavy atom. The third-order valence-corrected chi connectivity index (χ3v) is 8.97. The number of ether oxygens (including phenoxy) is 3. The second kappa shape index (κ2) is 16.2. The highest BCUT2D eigenvalue weighted by Gasteiger charge is 2.34. The zero-order chi connectivity index (χ0) is 33.1. The van der Waals surface area contributed by atoms with Crippen molar-refractivity contribution in [2.75, 3.05) is 38.2 Å². The van der Waals surface area contributed by atoms with Crippen LogP contribution in [0.2, 0.25) is 0 Å². The summed E-state index contributed by atoms with van der Waals surface area (Å²) >= 11 is 0. The van der Waals surface area contributed by atoms with E-state index in [-0.39, 0.29) is 34.7 Å². The minimum absolute atomic E-state index is 0.0892. The number of methoxy groups -OCH3 is 2. The van der Waals surface area contributed by atoms with Crippen LogP contribution in [0.3, 0.4) is 0 Å². The standard InChI is InChI=1S/C34H45N3O7S/c1-8-30(34(39)35-21-24(3)4)36(22-26-12-10-25(5)11-13-26)33(38)23-37(27-14-16-28(17-15-27)44-9-2)45(40,41)29-18-19-31(42-6)32(20-29)43-7/h10-20,24,30H,8-9,21-23H2,1-7H3,(H,35,39). The van der Waals surface area contributed by atoms with Crippen molar-refractivity contribution in [2.24, 2.45) is 5.92 Å². The Morgan fingerprint density at radius 2 is 1.53 bits per heavy atom. The molecule has 0 aliphatic heterocycles. The van der Waals surface area contributed by atoms with Gasteiger partial charge in [-0.05, 0) is 68.1 Å². The van der Waals surface area contributed by atoms with Crippen molar-refractivity contribution in [3.63, 3.8) is 0 Å². The smallest absolute Gasteiger partial charge is 0.264 e. The van der Waals surface area contributed by atoms with E-state index in [1.54, 1.807) is 24.3 Å². The summed E-state index contributed by atoms with van der Waals surface area (Å²) in [5.41, 5.74) is 2.13. The van der Waals surface area contributed by atoms with Gasteiger partial charge in [0.25, 0.3) is 10.0 Å². The van der Waals surface area contributed by atoms with Crippen LogP contribution in [0.25, 0.3) is 0 Å². The van der Waals surface area contributed by atoms with Crippen molar-refractivity contribution in [3.8, 4) is 17.2 Å². The van der Waals surface area contributed by atoms with E-state index in [2.05, 4.69) is 5.32 Å². The van der Waals surface area contributed by atoms with E-state index in [0.717, 1.165) is 15.4 Å². The van der Waals surface area contributed by atoms with Crippen LogP contribution in [0.1, 0.15) is 45.2 Å². The number of amides is 2. The first kappa shape index (κ1) is 35.2. The van der Waals surface area contributed by atoms with Crippen LogP contribution in [0.5, 0.6) is 17.2 Å². The van der Waals surface area contributed by atoms with E-state index in [4.69, 9.17) is 14.2 Å². The maximum atomic E-state index is 14.3. The number of rotatable bonds is 16. The fourth-order valence-electron chi connectivity index (χ4n) is 4.74. The van der Waals surface area contributed by atoms with Crippen molar-refractivity contribution in [3.05, 3.63) is 77.9 Å². The van der Waals surface area contributed by atoms with E-state index in [1.807, 2.05) is 58.9 Å². The number of benzene rings is 3. The predicted octanol–water partition coefficient (Wildman–Crippen LogP) is 5.19. The highest BCUT2D eigenvalue weighted by atomic mass is 32.2. The number of carbonyl (C=O) groups excluding carboxylic acids is 2. The maximum Gasteiger partial charge on any atom is 0.264 e. The van der Waals surface area contributed by atoms with E-state index >= 15 is 0 Å². The molecular weight excluding hydrogens is 594 g/mol. The lowest BCUT2D eigenvalue weighted by atomic mass is 10.1. The lowest BCUT2D eigenvalue weighted by molar-refractivity contribution is -0.140. The molecule has 3 rings (SSSR count). The molecule has 244 valence electrons. The second-order valence-electron chi connectivity index (χ2n) is 11.0. The third kappa shape index (κ3) is 9.13. The quantitative estimate of drug-likeness (QED) is 0.230. The van der Waals surface area contributed by atoms with Crippen molar-refractivity contribution >= 4 is 27.5 Å². The summed E-state index contributed by atoms with van der Waals surface area (Å²) in [5, 5.41) is 2.94. The summed E-state index contributed by atoms with van der Waals surface area (Å²) in [6, 6.07) is 17.6.